The summed E-state index contributed by atoms with van der Waals surface area (Å²) in [6.45, 7) is 1.62. The molecule has 0 unspecified atom stereocenters. The van der Waals surface area contributed by atoms with Gasteiger partial charge in [0.2, 0.25) is 0 Å². The number of aromatic nitrogens is 1. The van der Waals surface area contributed by atoms with E-state index < -0.39 is 29.8 Å². The van der Waals surface area contributed by atoms with E-state index in [0.717, 1.165) is 5.56 Å². The van der Waals surface area contributed by atoms with Crippen molar-refractivity contribution in [3.05, 3.63) is 88.1 Å². The van der Waals surface area contributed by atoms with Gasteiger partial charge in [-0.3, -0.25) is 9.59 Å². The molecule has 2 amide bonds. The molecule has 1 aliphatic carbocycles. The minimum absolute atomic E-state index is 0.0911. The smallest absolute Gasteiger partial charge is 0.259 e. The average Bonchev–Trinajstić information content (AvgIpc) is 2.92. The van der Waals surface area contributed by atoms with Crippen molar-refractivity contribution in [3.8, 4) is 0 Å². The van der Waals surface area contributed by atoms with Crippen LogP contribution in [0.5, 0.6) is 0 Å². The number of rotatable bonds is 3. The molecule has 0 saturated heterocycles. The van der Waals surface area contributed by atoms with Crippen LogP contribution < -0.4 is 10.2 Å². The van der Waals surface area contributed by atoms with Gasteiger partial charge in [-0.2, -0.15) is 0 Å². The Balaban J connectivity index is 1.42. The summed E-state index contributed by atoms with van der Waals surface area (Å²) < 4.78 is 30.8. The van der Waals surface area contributed by atoms with E-state index in [2.05, 4.69) is 10.3 Å². The zero-order valence-electron chi connectivity index (χ0n) is 19.5. The lowest BCUT2D eigenvalue weighted by atomic mass is 9.58. The van der Waals surface area contributed by atoms with Gasteiger partial charge in [0.1, 0.15) is 5.82 Å². The van der Waals surface area contributed by atoms with Crippen molar-refractivity contribution in [2.45, 2.75) is 43.6 Å². The van der Waals surface area contributed by atoms with Crippen LogP contribution in [0.4, 0.5) is 20.3 Å². The van der Waals surface area contributed by atoms with Crippen molar-refractivity contribution in [1.82, 2.24) is 4.98 Å². The molecule has 5 rings (SSSR count). The summed E-state index contributed by atoms with van der Waals surface area (Å²) in [6, 6.07) is 14.8. The summed E-state index contributed by atoms with van der Waals surface area (Å²) in [6.07, 6.45) is -0.234. The lowest BCUT2D eigenvalue weighted by molar-refractivity contribution is -0.152. The van der Waals surface area contributed by atoms with Crippen LogP contribution in [0.1, 0.15) is 51.1 Å². The van der Waals surface area contributed by atoms with Gasteiger partial charge in [-0.05, 0) is 67.3 Å². The average molecular weight is 512 g/mol. The van der Waals surface area contributed by atoms with Gasteiger partial charge in [-0.25, -0.2) is 13.8 Å². The van der Waals surface area contributed by atoms with E-state index in [1.165, 1.54) is 29.3 Å². The molecule has 2 N–H and O–H groups in total. The molecule has 186 valence electrons. The van der Waals surface area contributed by atoms with Crippen molar-refractivity contribution in [3.63, 3.8) is 0 Å². The molecule has 0 atom stereocenters. The lowest BCUT2D eigenvalue weighted by Crippen LogP contribution is -2.56. The molecule has 2 aromatic carbocycles. The van der Waals surface area contributed by atoms with Crippen molar-refractivity contribution < 1.29 is 23.5 Å². The fourth-order valence-electron chi connectivity index (χ4n) is 5.17. The Hall–Kier alpha value is -3.36. The van der Waals surface area contributed by atoms with Gasteiger partial charge in [-0.15, -0.1) is 0 Å². The molecule has 2 aliphatic rings. The number of anilines is 2. The zero-order valence-corrected chi connectivity index (χ0v) is 20.2. The first kappa shape index (κ1) is 24.3. The standard InChI is InChI=1S/C27H24ClF2N3O3/c1-16-4-2-3-5-20(16)24(35)32-23-9-6-17(15-31-23)25(36)33-11-10-27(29,30)26(13-19(34)14-26)21-12-18(28)7-8-22(21)33/h2-9,12,15,19,34H,10-11,13-14H2,1H3,(H,31,32,35). The maximum Gasteiger partial charge on any atom is 0.259 e. The zero-order chi connectivity index (χ0) is 25.7. The summed E-state index contributed by atoms with van der Waals surface area (Å²) in [4.78, 5) is 31.5. The minimum atomic E-state index is -3.12. The normalized spacial score (nSPS) is 22.4. The van der Waals surface area contributed by atoms with Gasteiger partial charge in [0, 0.05) is 35.4 Å². The Morgan fingerprint density at radius 1 is 1.14 bits per heavy atom. The number of hydrogen-bond donors (Lipinski definition) is 2. The molecule has 1 saturated carbocycles. The van der Waals surface area contributed by atoms with Crippen LogP contribution in [0.15, 0.2) is 60.8 Å². The molecule has 1 aliphatic heterocycles. The Labute approximate surface area is 211 Å². The molecule has 1 fully saturated rings. The molecule has 6 nitrogen and oxygen atoms in total. The van der Waals surface area contributed by atoms with E-state index in [-0.39, 0.29) is 47.3 Å². The van der Waals surface area contributed by atoms with Crippen molar-refractivity contribution in [2.24, 2.45) is 0 Å². The molecule has 2 heterocycles. The predicted octanol–water partition coefficient (Wildman–Crippen LogP) is 5.37. The summed E-state index contributed by atoms with van der Waals surface area (Å²) in [5.74, 6) is -3.68. The molecule has 0 bridgehead atoms. The lowest BCUT2D eigenvalue weighted by Gasteiger charge is -2.50. The number of carbonyl (C=O) groups is 2. The van der Waals surface area contributed by atoms with Crippen LogP contribution >= 0.6 is 11.6 Å². The van der Waals surface area contributed by atoms with E-state index in [1.54, 1.807) is 24.3 Å². The number of aryl methyl sites for hydroxylation is 1. The van der Waals surface area contributed by atoms with Crippen LogP contribution in [0.2, 0.25) is 5.02 Å². The third-order valence-electron chi connectivity index (χ3n) is 7.17. The number of nitrogens with zero attached hydrogens (tertiary/aromatic N) is 2. The van der Waals surface area contributed by atoms with Crippen LogP contribution in [-0.2, 0) is 5.41 Å². The van der Waals surface area contributed by atoms with E-state index in [0.29, 0.717) is 11.3 Å². The van der Waals surface area contributed by atoms with Gasteiger partial charge in [-0.1, -0.05) is 29.8 Å². The van der Waals surface area contributed by atoms with Crippen molar-refractivity contribution in [1.29, 1.82) is 0 Å². The first-order valence-corrected chi connectivity index (χ1v) is 12.0. The number of halogens is 3. The number of pyridine rings is 1. The van der Waals surface area contributed by atoms with Crippen LogP contribution in [0, 0.1) is 6.92 Å². The first-order valence-electron chi connectivity index (χ1n) is 11.6. The topological polar surface area (TPSA) is 82.5 Å². The van der Waals surface area contributed by atoms with E-state index in [9.17, 15) is 14.7 Å². The van der Waals surface area contributed by atoms with Gasteiger partial charge in [0.15, 0.2) is 0 Å². The van der Waals surface area contributed by atoms with Gasteiger partial charge >= 0.3 is 0 Å². The molecule has 9 heteroatoms. The predicted molar refractivity (Wildman–Crippen MR) is 133 cm³/mol. The van der Waals surface area contributed by atoms with Crippen molar-refractivity contribution >= 4 is 34.9 Å². The van der Waals surface area contributed by atoms with E-state index >= 15 is 8.78 Å². The number of hydrogen-bond acceptors (Lipinski definition) is 4. The summed E-state index contributed by atoms with van der Waals surface area (Å²) in [5.41, 5.74) is 0.573. The highest BCUT2D eigenvalue weighted by molar-refractivity contribution is 6.30. The van der Waals surface area contributed by atoms with Gasteiger partial charge in [0.05, 0.1) is 17.1 Å². The SMILES string of the molecule is Cc1ccccc1C(=O)Nc1ccc(C(=O)N2CCC(F)(F)C3(CC(O)C3)c3cc(Cl)ccc32)cn1. The number of benzene rings is 2. The number of carbonyl (C=O) groups excluding carboxylic acids is 2. The molecule has 1 spiro atoms. The fraction of sp³-hybridized carbons (Fsp3) is 0.296. The Kier molecular flexibility index (Phi) is 6.04. The molecule has 3 aromatic rings. The van der Waals surface area contributed by atoms with Gasteiger partial charge in [0.25, 0.3) is 17.7 Å². The molecular formula is C27H24ClF2N3O3. The Morgan fingerprint density at radius 3 is 2.56 bits per heavy atom. The molecule has 0 radical (unpaired) electrons. The quantitative estimate of drug-likeness (QED) is 0.495. The minimum Gasteiger partial charge on any atom is -0.393 e. The summed E-state index contributed by atoms with van der Waals surface area (Å²) >= 11 is 6.17. The van der Waals surface area contributed by atoms with Crippen LogP contribution in [0.25, 0.3) is 0 Å². The highest BCUT2D eigenvalue weighted by atomic mass is 35.5. The highest BCUT2D eigenvalue weighted by Gasteiger charge is 2.63. The van der Waals surface area contributed by atoms with Crippen LogP contribution in [0.3, 0.4) is 0 Å². The maximum absolute atomic E-state index is 15.4. The Morgan fingerprint density at radius 2 is 1.89 bits per heavy atom. The van der Waals surface area contributed by atoms with Gasteiger partial charge < -0.3 is 15.3 Å². The number of aliphatic hydroxyl groups is 1. The van der Waals surface area contributed by atoms with Crippen molar-refractivity contribution in [2.75, 3.05) is 16.8 Å². The number of alkyl halides is 2. The largest absolute Gasteiger partial charge is 0.393 e. The second kappa shape index (κ2) is 8.94. The summed E-state index contributed by atoms with van der Waals surface area (Å²) in [7, 11) is 0. The maximum atomic E-state index is 15.4. The summed E-state index contributed by atoms with van der Waals surface area (Å²) in [5, 5.41) is 12.9. The van der Waals surface area contributed by atoms with E-state index in [4.69, 9.17) is 11.6 Å². The fourth-order valence-corrected chi connectivity index (χ4v) is 5.34. The third-order valence-corrected chi connectivity index (χ3v) is 7.40. The second-order valence-electron chi connectivity index (χ2n) is 9.42. The molecule has 36 heavy (non-hydrogen) atoms. The molecular weight excluding hydrogens is 488 g/mol. The number of fused-ring (bicyclic) bond motifs is 2. The highest BCUT2D eigenvalue weighted by Crippen LogP contribution is 2.59. The second-order valence-corrected chi connectivity index (χ2v) is 9.85. The number of nitrogens with one attached hydrogen (secondary N) is 1. The van der Waals surface area contributed by atoms with Crippen LogP contribution in [-0.4, -0.2) is 40.5 Å². The third kappa shape index (κ3) is 4.04. The Bertz CT molecular complexity index is 1340. The number of amides is 2. The first-order chi connectivity index (χ1) is 17.1. The monoisotopic (exact) mass is 511 g/mol. The van der Waals surface area contributed by atoms with E-state index in [1.807, 2.05) is 19.1 Å². The molecule has 1 aromatic heterocycles. The number of aliphatic hydroxyl groups excluding tert-OH is 1.